The average molecular weight is 193 g/mol. The summed E-state index contributed by atoms with van der Waals surface area (Å²) < 4.78 is 0. The van der Waals surface area contributed by atoms with Gasteiger partial charge in [-0.15, -0.1) is 0 Å². The van der Waals surface area contributed by atoms with E-state index in [9.17, 15) is 9.59 Å². The van der Waals surface area contributed by atoms with Crippen molar-refractivity contribution in [3.63, 3.8) is 0 Å². The number of nitrogens with zero attached hydrogens (tertiary/aromatic N) is 3. The van der Waals surface area contributed by atoms with Crippen LogP contribution in [0.2, 0.25) is 0 Å². The molecule has 0 radical (unpaired) electrons. The van der Waals surface area contributed by atoms with Gasteiger partial charge in [0.2, 0.25) is 0 Å². The molecule has 0 atom stereocenters. The second-order valence-electron chi connectivity index (χ2n) is 2.34. The van der Waals surface area contributed by atoms with Crippen molar-refractivity contribution in [1.82, 2.24) is 9.97 Å². The fraction of sp³-hybridized carbons (Fsp3) is 0.143. The predicted octanol–water partition coefficient (Wildman–Crippen LogP) is 0.387. The zero-order valence-corrected chi connectivity index (χ0v) is 7.10. The Morgan fingerprint density at radius 1 is 1.57 bits per heavy atom. The summed E-state index contributed by atoms with van der Waals surface area (Å²) >= 11 is 0. The first kappa shape index (κ1) is 9.82. The first-order valence-corrected chi connectivity index (χ1v) is 3.73. The second kappa shape index (κ2) is 4.68. The van der Waals surface area contributed by atoms with Gasteiger partial charge in [0, 0.05) is 17.7 Å². The van der Waals surface area contributed by atoms with Crippen LogP contribution in [-0.4, -0.2) is 16.5 Å². The Hall–Kier alpha value is -2.27. The van der Waals surface area contributed by atoms with E-state index in [2.05, 4.69) is 20.0 Å². The van der Waals surface area contributed by atoms with Gasteiger partial charge in [-0.3, -0.25) is 9.78 Å². The zero-order valence-electron chi connectivity index (χ0n) is 7.10. The monoisotopic (exact) mass is 193 g/mol. The lowest BCUT2D eigenvalue weighted by atomic mass is 10.3. The van der Waals surface area contributed by atoms with Crippen LogP contribution in [0.25, 0.3) is 16.5 Å². The molecule has 0 saturated carbocycles. The first-order chi connectivity index (χ1) is 6.74. The van der Waals surface area contributed by atoms with Crippen LogP contribution in [0.5, 0.6) is 0 Å². The van der Waals surface area contributed by atoms with E-state index in [1.165, 1.54) is 18.3 Å². The third kappa shape index (κ3) is 2.65. The molecule has 0 fully saturated rings. The summed E-state index contributed by atoms with van der Waals surface area (Å²) in [5.41, 5.74) is 7.23. The Morgan fingerprint density at radius 3 is 3.00 bits per heavy atom. The highest BCUT2D eigenvalue weighted by Gasteiger charge is 1.93. The van der Waals surface area contributed by atoms with Gasteiger partial charge in [-0.05, 0) is 5.53 Å². The molecular formula is C7H7N5O2. The molecule has 1 heterocycles. The van der Waals surface area contributed by atoms with E-state index in [1.54, 1.807) is 0 Å². The molecule has 0 unspecified atom stereocenters. The summed E-state index contributed by atoms with van der Waals surface area (Å²) in [4.78, 5) is 28.6. The maximum Gasteiger partial charge on any atom is 0.325 e. The number of aromatic amines is 2. The van der Waals surface area contributed by atoms with Crippen molar-refractivity contribution in [2.45, 2.75) is 0 Å². The lowest BCUT2D eigenvalue weighted by Crippen LogP contribution is -2.22. The van der Waals surface area contributed by atoms with Gasteiger partial charge in [0.1, 0.15) is 0 Å². The number of azide groups is 1. The highest BCUT2D eigenvalue weighted by molar-refractivity contribution is 5.46. The van der Waals surface area contributed by atoms with Crippen LogP contribution >= 0.6 is 0 Å². The molecule has 14 heavy (non-hydrogen) atoms. The molecule has 7 nitrogen and oxygen atoms in total. The Bertz CT molecular complexity index is 491. The van der Waals surface area contributed by atoms with E-state index in [4.69, 9.17) is 5.53 Å². The molecule has 1 rings (SSSR count). The van der Waals surface area contributed by atoms with Crippen molar-refractivity contribution < 1.29 is 0 Å². The Labute approximate surface area is 77.7 Å². The van der Waals surface area contributed by atoms with Gasteiger partial charge in [-0.1, -0.05) is 17.3 Å². The molecule has 0 bridgehead atoms. The normalized spacial score (nSPS) is 10.0. The Morgan fingerprint density at radius 2 is 2.36 bits per heavy atom. The average Bonchev–Trinajstić information content (AvgIpc) is 2.15. The summed E-state index contributed by atoms with van der Waals surface area (Å²) in [6, 6.07) is 0. The van der Waals surface area contributed by atoms with Crippen molar-refractivity contribution in [2.75, 3.05) is 6.54 Å². The summed E-state index contributed by atoms with van der Waals surface area (Å²) in [5, 5.41) is 3.24. The van der Waals surface area contributed by atoms with E-state index in [0.717, 1.165) is 0 Å². The fourth-order valence-corrected chi connectivity index (χ4v) is 0.807. The zero-order chi connectivity index (χ0) is 10.4. The highest BCUT2D eigenvalue weighted by atomic mass is 16.2. The number of rotatable bonds is 3. The number of aromatic nitrogens is 2. The van der Waals surface area contributed by atoms with Crippen LogP contribution in [-0.2, 0) is 0 Å². The third-order valence-electron chi connectivity index (χ3n) is 1.40. The highest BCUT2D eigenvalue weighted by Crippen LogP contribution is 1.89. The van der Waals surface area contributed by atoms with Crippen LogP contribution in [0, 0.1) is 0 Å². The summed E-state index contributed by atoms with van der Waals surface area (Å²) in [6.45, 7) is 0.162. The molecule has 0 aromatic carbocycles. The molecular weight excluding hydrogens is 186 g/mol. The van der Waals surface area contributed by atoms with E-state index < -0.39 is 11.2 Å². The minimum atomic E-state index is -0.554. The molecule has 1 aromatic heterocycles. The minimum absolute atomic E-state index is 0.162. The fourth-order valence-electron chi connectivity index (χ4n) is 0.807. The largest absolute Gasteiger partial charge is 0.325 e. The molecule has 0 saturated heterocycles. The number of nitrogens with one attached hydrogen (secondary N) is 2. The molecule has 7 heteroatoms. The minimum Gasteiger partial charge on any atom is -0.314 e. The molecule has 0 aliphatic carbocycles. The first-order valence-electron chi connectivity index (χ1n) is 3.73. The molecule has 0 amide bonds. The lowest BCUT2D eigenvalue weighted by Gasteiger charge is -1.88. The van der Waals surface area contributed by atoms with E-state index in [-0.39, 0.29) is 6.54 Å². The van der Waals surface area contributed by atoms with Gasteiger partial charge in [0.25, 0.3) is 5.56 Å². The molecule has 0 aliphatic heterocycles. The number of H-pyrrole nitrogens is 2. The number of hydrogen-bond donors (Lipinski definition) is 2. The predicted molar refractivity (Wildman–Crippen MR) is 50.7 cm³/mol. The van der Waals surface area contributed by atoms with E-state index in [0.29, 0.717) is 5.56 Å². The molecule has 1 aromatic rings. The maximum absolute atomic E-state index is 11.1. The van der Waals surface area contributed by atoms with Crippen molar-refractivity contribution in [3.05, 3.63) is 49.1 Å². The smallest absolute Gasteiger partial charge is 0.314 e. The molecule has 2 N–H and O–H groups in total. The van der Waals surface area contributed by atoms with Crippen molar-refractivity contribution >= 4 is 6.08 Å². The summed E-state index contributed by atoms with van der Waals surface area (Å²) in [7, 11) is 0. The summed E-state index contributed by atoms with van der Waals surface area (Å²) in [5.74, 6) is 0. The second-order valence-corrected chi connectivity index (χ2v) is 2.34. The Balaban J connectivity index is 2.87. The van der Waals surface area contributed by atoms with Gasteiger partial charge in [0.15, 0.2) is 0 Å². The van der Waals surface area contributed by atoms with Gasteiger partial charge >= 0.3 is 5.69 Å². The van der Waals surface area contributed by atoms with Crippen molar-refractivity contribution in [1.29, 1.82) is 0 Å². The standard InChI is InChI=1S/C7H7N5O2/c8-12-10-3-1-2-5-4-9-7(14)11-6(5)13/h1-2,4H,3H2,(H2,9,11,13,14). The van der Waals surface area contributed by atoms with Crippen molar-refractivity contribution in [3.8, 4) is 0 Å². The third-order valence-corrected chi connectivity index (χ3v) is 1.40. The van der Waals surface area contributed by atoms with Crippen LogP contribution < -0.4 is 11.2 Å². The topological polar surface area (TPSA) is 114 Å². The van der Waals surface area contributed by atoms with E-state index >= 15 is 0 Å². The summed E-state index contributed by atoms with van der Waals surface area (Å²) in [6.07, 6.45) is 4.26. The van der Waals surface area contributed by atoms with Crippen LogP contribution in [0.3, 0.4) is 0 Å². The number of hydrogen-bond acceptors (Lipinski definition) is 3. The lowest BCUT2D eigenvalue weighted by molar-refractivity contribution is 1.03. The van der Waals surface area contributed by atoms with Crippen LogP contribution in [0.15, 0.2) is 27.0 Å². The molecule has 72 valence electrons. The molecule has 0 aliphatic rings. The molecule has 0 spiro atoms. The SMILES string of the molecule is [N-]=[N+]=NCC=Cc1c[nH]c(=O)[nH]c1=O. The van der Waals surface area contributed by atoms with Crippen molar-refractivity contribution in [2.24, 2.45) is 5.11 Å². The maximum atomic E-state index is 11.1. The van der Waals surface area contributed by atoms with E-state index in [1.807, 2.05) is 0 Å². The van der Waals surface area contributed by atoms with Crippen LogP contribution in [0.4, 0.5) is 0 Å². The van der Waals surface area contributed by atoms with Gasteiger partial charge in [-0.25, -0.2) is 4.79 Å². The van der Waals surface area contributed by atoms with Crippen LogP contribution in [0.1, 0.15) is 5.56 Å². The van der Waals surface area contributed by atoms with Gasteiger partial charge in [0.05, 0.1) is 5.56 Å². The Kier molecular flexibility index (Phi) is 3.28. The quantitative estimate of drug-likeness (QED) is 0.410. The van der Waals surface area contributed by atoms with Gasteiger partial charge < -0.3 is 4.98 Å². The van der Waals surface area contributed by atoms with Gasteiger partial charge in [-0.2, -0.15) is 0 Å².